The number of amides is 1. The van der Waals surface area contributed by atoms with Gasteiger partial charge in [0, 0.05) is 20.0 Å². The lowest BCUT2D eigenvalue weighted by molar-refractivity contribution is -0.114. The molecular formula is C20H25N3O4S. The SMILES string of the molecule is CC(=O)Nc1c(C)noc1C=Cc1ccc(S(=O)(=O)N2CCC(C)CC2)cc1. The van der Waals surface area contributed by atoms with Gasteiger partial charge in [0.25, 0.3) is 0 Å². The van der Waals surface area contributed by atoms with Crippen LogP contribution in [0.25, 0.3) is 12.2 Å². The molecule has 1 saturated heterocycles. The second-order valence-electron chi connectivity index (χ2n) is 7.18. The van der Waals surface area contributed by atoms with E-state index >= 15 is 0 Å². The van der Waals surface area contributed by atoms with Crippen molar-refractivity contribution in [1.29, 1.82) is 0 Å². The zero-order valence-electron chi connectivity index (χ0n) is 16.3. The van der Waals surface area contributed by atoms with E-state index in [1.54, 1.807) is 47.6 Å². The van der Waals surface area contributed by atoms with Crippen LogP contribution in [0.2, 0.25) is 0 Å². The molecule has 0 radical (unpaired) electrons. The number of carbonyl (C=O) groups excluding carboxylic acids is 1. The molecule has 8 heteroatoms. The van der Waals surface area contributed by atoms with Crippen molar-refractivity contribution < 1.29 is 17.7 Å². The zero-order chi connectivity index (χ0) is 20.3. The summed E-state index contributed by atoms with van der Waals surface area (Å²) in [6, 6.07) is 6.73. The maximum atomic E-state index is 12.8. The van der Waals surface area contributed by atoms with Gasteiger partial charge in [0.1, 0.15) is 11.4 Å². The molecule has 1 aromatic carbocycles. The molecule has 28 heavy (non-hydrogen) atoms. The van der Waals surface area contributed by atoms with Gasteiger partial charge in [0.2, 0.25) is 15.9 Å². The van der Waals surface area contributed by atoms with E-state index in [2.05, 4.69) is 17.4 Å². The maximum absolute atomic E-state index is 12.8. The van der Waals surface area contributed by atoms with Crippen molar-refractivity contribution in [3.63, 3.8) is 0 Å². The molecule has 2 heterocycles. The van der Waals surface area contributed by atoms with Crippen molar-refractivity contribution in [1.82, 2.24) is 9.46 Å². The molecular weight excluding hydrogens is 378 g/mol. The quantitative estimate of drug-likeness (QED) is 0.824. The fourth-order valence-corrected chi connectivity index (χ4v) is 4.60. The first-order chi connectivity index (χ1) is 13.3. The monoisotopic (exact) mass is 403 g/mol. The molecule has 1 fully saturated rings. The third-order valence-electron chi connectivity index (χ3n) is 4.88. The standard InChI is InChI=1S/C20H25N3O4S/c1-14-10-12-23(13-11-14)28(25,26)18-7-4-17(5-8-18)6-9-19-20(21-16(3)24)15(2)22-27-19/h4-9,14H,10-13H2,1-3H3,(H,21,24). The number of sulfonamides is 1. The summed E-state index contributed by atoms with van der Waals surface area (Å²) in [5.41, 5.74) is 1.93. The number of aromatic nitrogens is 1. The molecule has 7 nitrogen and oxygen atoms in total. The molecule has 2 aromatic rings. The van der Waals surface area contributed by atoms with Crippen LogP contribution in [0.4, 0.5) is 5.69 Å². The smallest absolute Gasteiger partial charge is 0.243 e. The Bertz CT molecular complexity index is 969. The topological polar surface area (TPSA) is 92.5 Å². The summed E-state index contributed by atoms with van der Waals surface area (Å²) < 4.78 is 32.4. The summed E-state index contributed by atoms with van der Waals surface area (Å²) in [6.07, 6.45) is 5.27. The van der Waals surface area contributed by atoms with E-state index in [1.807, 2.05) is 0 Å². The number of benzene rings is 1. The molecule has 1 aliphatic heterocycles. The van der Waals surface area contributed by atoms with Crippen molar-refractivity contribution >= 4 is 33.8 Å². The summed E-state index contributed by atoms with van der Waals surface area (Å²) in [7, 11) is -3.45. The van der Waals surface area contributed by atoms with Crippen molar-refractivity contribution in [3.05, 3.63) is 41.3 Å². The van der Waals surface area contributed by atoms with E-state index in [-0.39, 0.29) is 5.91 Å². The Labute approximate surface area is 165 Å². The van der Waals surface area contributed by atoms with Crippen LogP contribution in [0, 0.1) is 12.8 Å². The highest BCUT2D eigenvalue weighted by Gasteiger charge is 2.27. The number of piperidine rings is 1. The van der Waals surface area contributed by atoms with E-state index in [0.29, 0.717) is 41.0 Å². The molecule has 0 aliphatic carbocycles. The largest absolute Gasteiger partial charge is 0.354 e. The second kappa shape index (κ2) is 8.28. The Balaban J connectivity index is 1.75. The number of anilines is 1. The van der Waals surface area contributed by atoms with Crippen LogP contribution in [-0.4, -0.2) is 36.9 Å². The first-order valence-corrected chi connectivity index (χ1v) is 10.7. The average molecular weight is 404 g/mol. The molecule has 0 bridgehead atoms. The van der Waals surface area contributed by atoms with Crippen LogP contribution in [0.3, 0.4) is 0 Å². The molecule has 0 unspecified atom stereocenters. The highest BCUT2D eigenvalue weighted by atomic mass is 32.2. The fraction of sp³-hybridized carbons (Fsp3) is 0.400. The summed E-state index contributed by atoms with van der Waals surface area (Å²) >= 11 is 0. The third-order valence-corrected chi connectivity index (χ3v) is 6.79. The molecule has 1 N–H and O–H groups in total. The van der Waals surface area contributed by atoms with Gasteiger partial charge in [-0.05, 0) is 49.5 Å². The molecule has 150 valence electrons. The van der Waals surface area contributed by atoms with Gasteiger partial charge in [0.15, 0.2) is 5.76 Å². The lowest BCUT2D eigenvalue weighted by atomic mass is 10.0. The van der Waals surface area contributed by atoms with Crippen LogP contribution in [0.1, 0.15) is 43.7 Å². The predicted molar refractivity (Wildman–Crippen MR) is 108 cm³/mol. The van der Waals surface area contributed by atoms with Crippen LogP contribution in [0.5, 0.6) is 0 Å². The molecule has 1 aliphatic rings. The number of carbonyl (C=O) groups is 1. The zero-order valence-corrected chi connectivity index (χ0v) is 17.1. The Morgan fingerprint density at radius 1 is 1.21 bits per heavy atom. The summed E-state index contributed by atoms with van der Waals surface area (Å²) in [5, 5.41) is 6.55. The molecule has 0 atom stereocenters. The lowest BCUT2D eigenvalue weighted by Crippen LogP contribution is -2.37. The second-order valence-corrected chi connectivity index (χ2v) is 9.12. The number of aryl methyl sites for hydroxylation is 1. The molecule has 3 rings (SSSR count). The van der Waals surface area contributed by atoms with Gasteiger partial charge in [0.05, 0.1) is 4.90 Å². The summed E-state index contributed by atoms with van der Waals surface area (Å²) in [5.74, 6) is 0.801. The Morgan fingerprint density at radius 3 is 2.46 bits per heavy atom. The minimum Gasteiger partial charge on any atom is -0.354 e. The summed E-state index contributed by atoms with van der Waals surface area (Å²) in [6.45, 7) is 6.46. The number of hydrogen-bond acceptors (Lipinski definition) is 5. The number of nitrogens with one attached hydrogen (secondary N) is 1. The third kappa shape index (κ3) is 4.51. The van der Waals surface area contributed by atoms with Crippen LogP contribution in [-0.2, 0) is 14.8 Å². The van der Waals surface area contributed by atoms with E-state index in [9.17, 15) is 13.2 Å². The average Bonchev–Trinajstić information content (AvgIpc) is 3.00. The van der Waals surface area contributed by atoms with Crippen molar-refractivity contribution in [3.8, 4) is 0 Å². The van der Waals surface area contributed by atoms with Gasteiger partial charge >= 0.3 is 0 Å². The molecule has 1 amide bonds. The van der Waals surface area contributed by atoms with Crippen molar-refractivity contribution in [2.24, 2.45) is 5.92 Å². The van der Waals surface area contributed by atoms with Crippen LogP contribution in [0.15, 0.2) is 33.7 Å². The normalized spacial score (nSPS) is 16.5. The molecule has 0 saturated carbocycles. The van der Waals surface area contributed by atoms with Gasteiger partial charge in [-0.1, -0.05) is 30.3 Å². The number of hydrogen-bond donors (Lipinski definition) is 1. The Kier molecular flexibility index (Phi) is 6.00. The highest BCUT2D eigenvalue weighted by Crippen LogP contribution is 2.25. The van der Waals surface area contributed by atoms with Crippen LogP contribution < -0.4 is 5.32 Å². The van der Waals surface area contributed by atoms with Gasteiger partial charge in [-0.3, -0.25) is 4.79 Å². The summed E-state index contributed by atoms with van der Waals surface area (Å²) in [4.78, 5) is 11.6. The van der Waals surface area contributed by atoms with Gasteiger partial charge in [-0.15, -0.1) is 0 Å². The minimum absolute atomic E-state index is 0.206. The first-order valence-electron chi connectivity index (χ1n) is 9.29. The number of nitrogens with zero attached hydrogens (tertiary/aromatic N) is 2. The van der Waals surface area contributed by atoms with E-state index < -0.39 is 10.0 Å². The maximum Gasteiger partial charge on any atom is 0.243 e. The molecule has 1 aromatic heterocycles. The lowest BCUT2D eigenvalue weighted by Gasteiger charge is -2.29. The first kappa shape index (κ1) is 20.3. The van der Waals surface area contributed by atoms with Gasteiger partial charge < -0.3 is 9.84 Å². The number of rotatable bonds is 5. The van der Waals surface area contributed by atoms with E-state index in [0.717, 1.165) is 18.4 Å². The fourth-order valence-electron chi connectivity index (χ4n) is 3.13. The van der Waals surface area contributed by atoms with Gasteiger partial charge in [-0.2, -0.15) is 4.31 Å². The van der Waals surface area contributed by atoms with E-state index in [1.165, 1.54) is 6.92 Å². The van der Waals surface area contributed by atoms with Crippen molar-refractivity contribution in [2.45, 2.75) is 38.5 Å². The van der Waals surface area contributed by atoms with Crippen LogP contribution >= 0.6 is 0 Å². The van der Waals surface area contributed by atoms with Crippen molar-refractivity contribution in [2.75, 3.05) is 18.4 Å². The predicted octanol–water partition coefficient (Wildman–Crippen LogP) is 3.53. The minimum atomic E-state index is -3.45. The van der Waals surface area contributed by atoms with E-state index in [4.69, 9.17) is 4.52 Å². The Morgan fingerprint density at radius 2 is 1.86 bits per heavy atom. The van der Waals surface area contributed by atoms with Gasteiger partial charge in [-0.25, -0.2) is 8.42 Å². The molecule has 0 spiro atoms. The highest BCUT2D eigenvalue weighted by molar-refractivity contribution is 7.89. The Hall–Kier alpha value is -2.45.